The number of ether oxygens (including phenoxy) is 1. The van der Waals surface area contributed by atoms with Crippen LogP contribution in [0.5, 0.6) is 0 Å². The first kappa shape index (κ1) is 19.4. The number of piperazine rings is 1. The molecule has 29 heavy (non-hydrogen) atoms. The van der Waals surface area contributed by atoms with Gasteiger partial charge in [0.15, 0.2) is 0 Å². The van der Waals surface area contributed by atoms with Crippen LogP contribution in [-0.2, 0) is 16.0 Å². The SMILES string of the molecule is CCOC(=O)c1ccc(N2CCN(CC(=O)N3CCc4ccccc43)CC2)nc1. The van der Waals surface area contributed by atoms with E-state index in [-0.39, 0.29) is 11.9 Å². The van der Waals surface area contributed by atoms with Gasteiger partial charge in [0.1, 0.15) is 5.82 Å². The Kier molecular flexibility index (Phi) is 5.76. The lowest BCUT2D eigenvalue weighted by Gasteiger charge is -2.35. The first-order chi connectivity index (χ1) is 14.2. The average molecular weight is 394 g/mol. The van der Waals surface area contributed by atoms with Gasteiger partial charge in [-0.05, 0) is 37.1 Å². The van der Waals surface area contributed by atoms with Crippen molar-refractivity contribution in [1.29, 1.82) is 0 Å². The summed E-state index contributed by atoms with van der Waals surface area (Å²) in [6, 6.07) is 11.8. The number of carbonyl (C=O) groups excluding carboxylic acids is 2. The zero-order valence-electron chi connectivity index (χ0n) is 16.7. The third kappa shape index (κ3) is 4.24. The Morgan fingerprint density at radius 2 is 1.83 bits per heavy atom. The van der Waals surface area contributed by atoms with Gasteiger partial charge in [0.05, 0.1) is 18.7 Å². The van der Waals surface area contributed by atoms with Crippen molar-refractivity contribution >= 4 is 23.4 Å². The summed E-state index contributed by atoms with van der Waals surface area (Å²) in [6.45, 7) is 6.57. The van der Waals surface area contributed by atoms with Crippen molar-refractivity contribution in [2.75, 3.05) is 55.7 Å². The molecular weight excluding hydrogens is 368 g/mol. The second-order valence-electron chi connectivity index (χ2n) is 7.31. The summed E-state index contributed by atoms with van der Waals surface area (Å²) in [5, 5.41) is 0. The largest absolute Gasteiger partial charge is 0.462 e. The van der Waals surface area contributed by atoms with Crippen molar-refractivity contribution in [2.24, 2.45) is 0 Å². The number of rotatable bonds is 5. The molecule has 152 valence electrons. The van der Waals surface area contributed by atoms with E-state index in [9.17, 15) is 9.59 Å². The topological polar surface area (TPSA) is 66.0 Å². The Hall–Kier alpha value is -2.93. The van der Waals surface area contributed by atoms with Gasteiger partial charge >= 0.3 is 5.97 Å². The molecule has 1 aromatic carbocycles. The number of hydrogen-bond acceptors (Lipinski definition) is 6. The van der Waals surface area contributed by atoms with E-state index in [1.165, 1.54) is 5.56 Å². The van der Waals surface area contributed by atoms with Crippen molar-refractivity contribution in [2.45, 2.75) is 13.3 Å². The van der Waals surface area contributed by atoms with Gasteiger partial charge < -0.3 is 14.5 Å². The number of amides is 1. The van der Waals surface area contributed by atoms with Crippen molar-refractivity contribution < 1.29 is 14.3 Å². The third-order valence-electron chi connectivity index (χ3n) is 5.50. The molecule has 0 spiro atoms. The molecule has 0 N–H and O–H groups in total. The van der Waals surface area contributed by atoms with Crippen LogP contribution in [0.3, 0.4) is 0 Å². The molecule has 7 nitrogen and oxygen atoms in total. The van der Waals surface area contributed by atoms with Crippen LogP contribution in [0.4, 0.5) is 11.5 Å². The van der Waals surface area contributed by atoms with Gasteiger partial charge in [0.2, 0.25) is 5.91 Å². The maximum Gasteiger partial charge on any atom is 0.339 e. The van der Waals surface area contributed by atoms with E-state index >= 15 is 0 Å². The monoisotopic (exact) mass is 394 g/mol. The number of aromatic nitrogens is 1. The number of anilines is 2. The highest BCUT2D eigenvalue weighted by Crippen LogP contribution is 2.27. The first-order valence-corrected chi connectivity index (χ1v) is 10.1. The van der Waals surface area contributed by atoms with Gasteiger partial charge in [-0.3, -0.25) is 9.69 Å². The second kappa shape index (κ2) is 8.61. The van der Waals surface area contributed by atoms with E-state index < -0.39 is 0 Å². The number of esters is 1. The smallest absolute Gasteiger partial charge is 0.339 e. The predicted molar refractivity (Wildman–Crippen MR) is 111 cm³/mol. The van der Waals surface area contributed by atoms with E-state index in [0.29, 0.717) is 18.7 Å². The fraction of sp³-hybridized carbons (Fsp3) is 0.409. The van der Waals surface area contributed by atoms with Crippen LogP contribution in [0, 0.1) is 0 Å². The Labute approximate surface area is 170 Å². The molecule has 7 heteroatoms. The van der Waals surface area contributed by atoms with E-state index in [1.54, 1.807) is 19.2 Å². The molecule has 2 aliphatic heterocycles. The van der Waals surface area contributed by atoms with E-state index in [0.717, 1.165) is 50.6 Å². The molecule has 0 bridgehead atoms. The van der Waals surface area contributed by atoms with E-state index in [1.807, 2.05) is 29.2 Å². The summed E-state index contributed by atoms with van der Waals surface area (Å²) in [5.41, 5.74) is 2.77. The summed E-state index contributed by atoms with van der Waals surface area (Å²) < 4.78 is 4.99. The molecule has 0 radical (unpaired) electrons. The minimum atomic E-state index is -0.349. The summed E-state index contributed by atoms with van der Waals surface area (Å²) in [5.74, 6) is 0.663. The van der Waals surface area contributed by atoms with Gasteiger partial charge in [-0.2, -0.15) is 0 Å². The van der Waals surface area contributed by atoms with E-state index in [2.05, 4.69) is 20.9 Å². The lowest BCUT2D eigenvalue weighted by atomic mass is 10.2. The molecule has 4 rings (SSSR count). The normalized spacial score (nSPS) is 16.6. The molecule has 1 amide bonds. The molecule has 2 aliphatic rings. The summed E-state index contributed by atoms with van der Waals surface area (Å²) in [4.78, 5) is 35.3. The zero-order chi connectivity index (χ0) is 20.2. The van der Waals surface area contributed by atoms with E-state index in [4.69, 9.17) is 4.74 Å². The quantitative estimate of drug-likeness (QED) is 0.723. The highest BCUT2D eigenvalue weighted by atomic mass is 16.5. The highest BCUT2D eigenvalue weighted by Gasteiger charge is 2.27. The molecule has 0 unspecified atom stereocenters. The van der Waals surface area contributed by atoms with Crippen molar-refractivity contribution in [1.82, 2.24) is 9.88 Å². The van der Waals surface area contributed by atoms with Crippen LogP contribution in [0.15, 0.2) is 42.6 Å². The number of fused-ring (bicyclic) bond motifs is 1. The fourth-order valence-electron chi connectivity index (χ4n) is 3.92. The lowest BCUT2D eigenvalue weighted by molar-refractivity contribution is -0.119. The number of hydrogen-bond donors (Lipinski definition) is 0. The molecule has 0 saturated carbocycles. The third-order valence-corrected chi connectivity index (χ3v) is 5.50. The van der Waals surface area contributed by atoms with Crippen LogP contribution >= 0.6 is 0 Å². The van der Waals surface area contributed by atoms with Crippen LogP contribution in [-0.4, -0.2) is 67.6 Å². The van der Waals surface area contributed by atoms with Crippen LogP contribution in [0.1, 0.15) is 22.8 Å². The van der Waals surface area contributed by atoms with Gasteiger partial charge in [-0.25, -0.2) is 9.78 Å². The van der Waals surface area contributed by atoms with Crippen LogP contribution in [0.25, 0.3) is 0 Å². The standard InChI is InChI=1S/C22H26N4O3/c1-2-29-22(28)18-7-8-20(23-15-18)25-13-11-24(12-14-25)16-21(27)26-10-9-17-5-3-4-6-19(17)26/h3-8,15H,2,9-14,16H2,1H3. The Morgan fingerprint density at radius 3 is 2.55 bits per heavy atom. The number of benzene rings is 1. The summed E-state index contributed by atoms with van der Waals surface area (Å²) in [7, 11) is 0. The average Bonchev–Trinajstić information content (AvgIpc) is 3.19. The van der Waals surface area contributed by atoms with Crippen molar-refractivity contribution in [3.05, 3.63) is 53.7 Å². The minimum absolute atomic E-state index is 0.167. The molecule has 0 atom stereocenters. The first-order valence-electron chi connectivity index (χ1n) is 10.1. The molecule has 1 fully saturated rings. The van der Waals surface area contributed by atoms with Gasteiger partial charge in [-0.1, -0.05) is 18.2 Å². The number of pyridine rings is 1. The number of carbonyl (C=O) groups is 2. The molecule has 0 aliphatic carbocycles. The predicted octanol–water partition coefficient (Wildman–Crippen LogP) is 1.97. The minimum Gasteiger partial charge on any atom is -0.462 e. The number of nitrogens with zero attached hydrogens (tertiary/aromatic N) is 4. The maximum absolute atomic E-state index is 12.8. The number of para-hydroxylation sites is 1. The molecular formula is C22H26N4O3. The lowest BCUT2D eigenvalue weighted by Crippen LogP contribution is -2.50. The van der Waals surface area contributed by atoms with Gasteiger partial charge in [-0.15, -0.1) is 0 Å². The van der Waals surface area contributed by atoms with Crippen molar-refractivity contribution in [3.8, 4) is 0 Å². The second-order valence-corrected chi connectivity index (χ2v) is 7.31. The molecule has 3 heterocycles. The maximum atomic E-state index is 12.8. The van der Waals surface area contributed by atoms with Crippen molar-refractivity contribution in [3.63, 3.8) is 0 Å². The zero-order valence-corrected chi connectivity index (χ0v) is 16.7. The molecule has 1 saturated heterocycles. The summed E-state index contributed by atoms with van der Waals surface area (Å²) in [6.07, 6.45) is 2.50. The molecule has 2 aromatic rings. The van der Waals surface area contributed by atoms with Gasteiger partial charge in [0.25, 0.3) is 0 Å². The molecule has 1 aromatic heterocycles. The highest BCUT2D eigenvalue weighted by molar-refractivity contribution is 5.96. The van der Waals surface area contributed by atoms with Gasteiger partial charge in [0, 0.05) is 44.6 Å². The summed E-state index contributed by atoms with van der Waals surface area (Å²) >= 11 is 0. The Morgan fingerprint density at radius 1 is 1.03 bits per heavy atom. The fourth-order valence-corrected chi connectivity index (χ4v) is 3.92. The van der Waals surface area contributed by atoms with Crippen LogP contribution in [0.2, 0.25) is 0 Å². The van der Waals surface area contributed by atoms with Crippen LogP contribution < -0.4 is 9.80 Å². The Bertz CT molecular complexity index is 876. The Balaban J connectivity index is 1.30.